The summed E-state index contributed by atoms with van der Waals surface area (Å²) in [4.78, 5) is 19.9. The Hall–Kier alpha value is -3.87. The van der Waals surface area contributed by atoms with E-state index in [1.807, 2.05) is 78.8 Å². The van der Waals surface area contributed by atoms with Gasteiger partial charge >= 0.3 is 5.97 Å². The number of aliphatic carboxylic acids is 1. The second-order valence-electron chi connectivity index (χ2n) is 12.7. The van der Waals surface area contributed by atoms with Crippen LogP contribution in [0.3, 0.4) is 0 Å². The van der Waals surface area contributed by atoms with Crippen LogP contribution < -0.4 is 0 Å². The molecule has 0 fully saturated rings. The molecule has 0 radical (unpaired) electrons. The number of nitrogens with zero attached hydrogens (tertiary/aromatic N) is 2. The highest BCUT2D eigenvalue weighted by atomic mass is 19.1. The third-order valence-corrected chi connectivity index (χ3v) is 8.23. The summed E-state index contributed by atoms with van der Waals surface area (Å²) in [5, 5.41) is 10.4. The minimum atomic E-state index is -1.18. The summed E-state index contributed by atoms with van der Waals surface area (Å²) in [5.41, 5.74) is 10.4. The van der Waals surface area contributed by atoms with Gasteiger partial charge in [-0.1, -0.05) is 60.2 Å². The monoisotopic (exact) mass is 580 g/mol. The fourth-order valence-corrected chi connectivity index (χ4v) is 6.14. The fraction of sp³-hybridized carbons (Fsp3) is 0.351. The van der Waals surface area contributed by atoms with E-state index >= 15 is 0 Å². The Kier molecular flexibility index (Phi) is 8.55. The molecule has 2 heterocycles. The fourth-order valence-electron chi connectivity index (χ4n) is 6.14. The molecule has 0 saturated carbocycles. The maximum Gasteiger partial charge on any atom is 0.337 e. The molecular weight excluding hydrogens is 539 g/mol. The van der Waals surface area contributed by atoms with Crippen LogP contribution in [0.5, 0.6) is 0 Å². The molecule has 1 N–H and O–H groups in total. The van der Waals surface area contributed by atoms with E-state index < -0.39 is 17.7 Å². The van der Waals surface area contributed by atoms with Crippen molar-refractivity contribution in [2.45, 2.75) is 79.7 Å². The van der Waals surface area contributed by atoms with Crippen LogP contribution >= 0.6 is 0 Å². The second-order valence-corrected chi connectivity index (χ2v) is 12.7. The lowest BCUT2D eigenvalue weighted by Gasteiger charge is -2.31. The number of benzene rings is 3. The number of hydrogen-bond donors (Lipinski definition) is 1. The minimum Gasteiger partial charge on any atom is -0.479 e. The van der Waals surface area contributed by atoms with Gasteiger partial charge in [-0.3, -0.25) is 9.88 Å². The van der Waals surface area contributed by atoms with Gasteiger partial charge < -0.3 is 9.84 Å². The van der Waals surface area contributed by atoms with Crippen LogP contribution in [0.4, 0.5) is 4.39 Å². The number of fused-ring (bicyclic) bond motifs is 1. The summed E-state index contributed by atoms with van der Waals surface area (Å²) in [7, 11) is 0. The van der Waals surface area contributed by atoms with Crippen LogP contribution in [0.15, 0.2) is 60.7 Å². The highest BCUT2D eigenvalue weighted by molar-refractivity contribution is 5.91. The molecule has 1 aromatic heterocycles. The number of ether oxygens (including phenoxy) is 1. The average molecular weight is 581 g/mol. The van der Waals surface area contributed by atoms with E-state index in [9.17, 15) is 14.3 Å². The Labute approximate surface area is 254 Å². The predicted molar refractivity (Wildman–Crippen MR) is 169 cm³/mol. The topological polar surface area (TPSA) is 62.7 Å². The SMILES string of the molecule is Cc1ccc(-c2c(-c3ccc4c(c3)CCN(Cc3c(C)cccc3F)C4)c(C)nc(C)c2[C@H](OC(C)(C)C)C(=O)O)cc1. The first-order valence-corrected chi connectivity index (χ1v) is 14.9. The van der Waals surface area contributed by atoms with Crippen molar-refractivity contribution in [1.82, 2.24) is 9.88 Å². The summed E-state index contributed by atoms with van der Waals surface area (Å²) < 4.78 is 20.7. The molecule has 0 aliphatic carbocycles. The van der Waals surface area contributed by atoms with Gasteiger partial charge in [0.05, 0.1) is 5.60 Å². The highest BCUT2D eigenvalue weighted by Crippen LogP contribution is 2.43. The van der Waals surface area contributed by atoms with Crippen molar-refractivity contribution in [3.8, 4) is 22.3 Å². The van der Waals surface area contributed by atoms with Crippen molar-refractivity contribution in [2.24, 2.45) is 0 Å². The summed E-state index contributed by atoms with van der Waals surface area (Å²) in [6.07, 6.45) is -0.344. The zero-order valence-electron chi connectivity index (χ0n) is 26.2. The van der Waals surface area contributed by atoms with Gasteiger partial charge in [-0.15, -0.1) is 0 Å². The Morgan fingerprint density at radius 1 is 0.953 bits per heavy atom. The first-order chi connectivity index (χ1) is 20.3. The molecule has 224 valence electrons. The molecule has 3 aromatic carbocycles. The zero-order chi connectivity index (χ0) is 31.1. The summed E-state index contributed by atoms with van der Waals surface area (Å²) in [6, 6.07) is 19.9. The maximum atomic E-state index is 14.6. The molecule has 4 aromatic rings. The van der Waals surface area contributed by atoms with Crippen molar-refractivity contribution in [3.05, 3.63) is 111 Å². The van der Waals surface area contributed by atoms with Gasteiger partial charge in [-0.05, 0) is 94.3 Å². The predicted octanol–water partition coefficient (Wildman–Crippen LogP) is 8.29. The first kappa shape index (κ1) is 30.6. The number of aryl methyl sites for hydroxylation is 4. The number of pyridine rings is 1. The average Bonchev–Trinajstić information content (AvgIpc) is 2.93. The lowest BCUT2D eigenvalue weighted by Crippen LogP contribution is -2.30. The first-order valence-electron chi connectivity index (χ1n) is 14.9. The maximum absolute atomic E-state index is 14.6. The van der Waals surface area contributed by atoms with Gasteiger partial charge in [0.25, 0.3) is 0 Å². The molecule has 0 spiro atoms. The molecule has 0 saturated heterocycles. The van der Waals surface area contributed by atoms with Gasteiger partial charge in [0, 0.05) is 47.7 Å². The van der Waals surface area contributed by atoms with E-state index in [0.717, 1.165) is 64.1 Å². The number of carboxylic acid groups (broad SMARTS) is 1. The number of carbonyl (C=O) groups is 1. The van der Waals surface area contributed by atoms with Gasteiger partial charge in [-0.2, -0.15) is 0 Å². The molecule has 6 heteroatoms. The van der Waals surface area contributed by atoms with E-state index in [2.05, 4.69) is 23.1 Å². The molecule has 0 bridgehead atoms. The highest BCUT2D eigenvalue weighted by Gasteiger charge is 2.33. The normalized spacial score (nSPS) is 14.4. The van der Waals surface area contributed by atoms with Crippen LogP contribution in [0.1, 0.15) is 71.6 Å². The van der Waals surface area contributed by atoms with E-state index in [0.29, 0.717) is 17.8 Å². The number of carboxylic acids is 1. The Bertz CT molecular complexity index is 1650. The number of aromatic nitrogens is 1. The molecule has 1 aliphatic rings. The Morgan fingerprint density at radius 2 is 1.65 bits per heavy atom. The van der Waals surface area contributed by atoms with Crippen molar-refractivity contribution < 1.29 is 19.0 Å². The van der Waals surface area contributed by atoms with Crippen molar-refractivity contribution >= 4 is 5.97 Å². The van der Waals surface area contributed by atoms with E-state index in [4.69, 9.17) is 9.72 Å². The standard InChI is InChI=1S/C37H41FN2O3/c1-22-11-13-26(14-12-22)34-32(24(3)39-25(4)33(34)35(36(41)42)43-37(5,6)7)28-15-16-29-20-40(18-17-27(29)19-28)21-30-23(2)9-8-10-31(30)38/h8-16,19,35H,17-18,20-21H2,1-7H3,(H,41,42)/t35-/m0/s1. The van der Waals surface area contributed by atoms with Crippen LogP contribution in [0.2, 0.25) is 0 Å². The zero-order valence-corrected chi connectivity index (χ0v) is 26.2. The molecule has 1 aliphatic heterocycles. The van der Waals surface area contributed by atoms with Gasteiger partial charge in [0.2, 0.25) is 0 Å². The molecule has 5 rings (SSSR count). The minimum absolute atomic E-state index is 0.155. The molecular formula is C37H41FN2O3. The second kappa shape index (κ2) is 12.0. The van der Waals surface area contributed by atoms with Gasteiger partial charge in [0.15, 0.2) is 6.10 Å². The van der Waals surface area contributed by atoms with Crippen molar-refractivity contribution in [1.29, 1.82) is 0 Å². The largest absolute Gasteiger partial charge is 0.479 e. The van der Waals surface area contributed by atoms with Crippen molar-refractivity contribution in [3.63, 3.8) is 0 Å². The molecule has 1 atom stereocenters. The summed E-state index contributed by atoms with van der Waals surface area (Å²) in [5.74, 6) is -1.20. The Morgan fingerprint density at radius 3 is 2.30 bits per heavy atom. The molecule has 0 amide bonds. The lowest BCUT2D eigenvalue weighted by atomic mass is 9.85. The van der Waals surface area contributed by atoms with E-state index in [1.54, 1.807) is 6.07 Å². The van der Waals surface area contributed by atoms with Gasteiger partial charge in [0.1, 0.15) is 5.82 Å². The van der Waals surface area contributed by atoms with Crippen LogP contribution in [0, 0.1) is 33.5 Å². The molecule has 43 heavy (non-hydrogen) atoms. The van der Waals surface area contributed by atoms with Crippen LogP contribution in [-0.2, 0) is 29.0 Å². The number of hydrogen-bond acceptors (Lipinski definition) is 4. The Balaban J connectivity index is 1.61. The van der Waals surface area contributed by atoms with Crippen LogP contribution in [0.25, 0.3) is 22.3 Å². The third kappa shape index (κ3) is 6.56. The molecule has 5 nitrogen and oxygen atoms in total. The van der Waals surface area contributed by atoms with E-state index in [-0.39, 0.29) is 5.82 Å². The van der Waals surface area contributed by atoms with Gasteiger partial charge in [-0.25, -0.2) is 9.18 Å². The van der Waals surface area contributed by atoms with E-state index in [1.165, 1.54) is 17.2 Å². The summed E-state index contributed by atoms with van der Waals surface area (Å²) >= 11 is 0. The quantitative estimate of drug-likeness (QED) is 0.238. The lowest BCUT2D eigenvalue weighted by molar-refractivity contribution is -0.160. The molecule has 0 unspecified atom stereocenters. The number of rotatable bonds is 7. The van der Waals surface area contributed by atoms with Crippen LogP contribution in [-0.4, -0.2) is 33.1 Å². The van der Waals surface area contributed by atoms with Crippen molar-refractivity contribution in [2.75, 3.05) is 6.54 Å². The smallest absolute Gasteiger partial charge is 0.337 e. The third-order valence-electron chi connectivity index (χ3n) is 8.23. The number of halogens is 1. The summed E-state index contributed by atoms with van der Waals surface area (Å²) in [6.45, 7) is 15.6.